The fourth-order valence-corrected chi connectivity index (χ4v) is 2.08. The zero-order valence-corrected chi connectivity index (χ0v) is 10.9. The van der Waals surface area contributed by atoms with Crippen LogP contribution in [0.5, 0.6) is 0 Å². The smallest absolute Gasteiger partial charge is 0.239 e. The van der Waals surface area contributed by atoms with Crippen LogP contribution in [0.1, 0.15) is 40.0 Å². The topological polar surface area (TPSA) is 84.2 Å². The van der Waals surface area contributed by atoms with Crippen LogP contribution in [0, 0.1) is 5.92 Å². The van der Waals surface area contributed by atoms with E-state index in [0.29, 0.717) is 0 Å². The first-order chi connectivity index (χ1) is 7.79. The summed E-state index contributed by atoms with van der Waals surface area (Å²) in [5, 5.41) is 5.44. The molecule has 1 aliphatic carbocycles. The van der Waals surface area contributed by atoms with E-state index in [9.17, 15) is 9.59 Å². The highest BCUT2D eigenvalue weighted by molar-refractivity contribution is 5.86. The molecule has 5 nitrogen and oxygen atoms in total. The van der Waals surface area contributed by atoms with Gasteiger partial charge in [-0.25, -0.2) is 0 Å². The van der Waals surface area contributed by atoms with Crippen LogP contribution in [-0.2, 0) is 9.59 Å². The number of amides is 2. The van der Waals surface area contributed by atoms with E-state index >= 15 is 0 Å². The van der Waals surface area contributed by atoms with E-state index in [2.05, 4.69) is 10.6 Å². The number of carbonyl (C=O) groups is 2. The maximum atomic E-state index is 11.8. The highest BCUT2D eigenvalue weighted by Crippen LogP contribution is 2.23. The lowest BCUT2D eigenvalue weighted by atomic mass is 10.0. The second-order valence-corrected chi connectivity index (χ2v) is 5.72. The van der Waals surface area contributed by atoms with Gasteiger partial charge < -0.3 is 16.4 Å². The summed E-state index contributed by atoms with van der Waals surface area (Å²) in [7, 11) is 0. The largest absolute Gasteiger partial charge is 0.350 e. The van der Waals surface area contributed by atoms with Crippen molar-refractivity contribution in [2.75, 3.05) is 6.54 Å². The van der Waals surface area contributed by atoms with Crippen molar-refractivity contribution in [2.24, 2.45) is 11.7 Å². The van der Waals surface area contributed by atoms with Gasteiger partial charge in [0.2, 0.25) is 11.8 Å². The molecule has 2 atom stereocenters. The Morgan fingerprint density at radius 1 is 1.29 bits per heavy atom. The van der Waals surface area contributed by atoms with E-state index in [4.69, 9.17) is 5.73 Å². The van der Waals surface area contributed by atoms with E-state index < -0.39 is 0 Å². The summed E-state index contributed by atoms with van der Waals surface area (Å²) < 4.78 is 0. The maximum Gasteiger partial charge on any atom is 0.239 e. The van der Waals surface area contributed by atoms with Gasteiger partial charge in [0.25, 0.3) is 0 Å². The lowest BCUT2D eigenvalue weighted by Crippen LogP contribution is -2.47. The molecule has 0 radical (unpaired) electrons. The molecule has 0 spiro atoms. The summed E-state index contributed by atoms with van der Waals surface area (Å²) in [6.07, 6.45) is 2.72. The van der Waals surface area contributed by atoms with Gasteiger partial charge in [-0.15, -0.1) is 0 Å². The Balaban J connectivity index is 2.31. The fourth-order valence-electron chi connectivity index (χ4n) is 2.08. The minimum atomic E-state index is -0.272. The highest BCUT2D eigenvalue weighted by Gasteiger charge is 2.30. The number of carbonyl (C=O) groups excluding carboxylic acids is 2. The van der Waals surface area contributed by atoms with Crippen molar-refractivity contribution in [2.45, 2.75) is 51.6 Å². The molecule has 0 aromatic carbocycles. The summed E-state index contributed by atoms with van der Waals surface area (Å²) >= 11 is 0. The third-order valence-corrected chi connectivity index (χ3v) is 2.84. The van der Waals surface area contributed by atoms with Crippen molar-refractivity contribution < 1.29 is 9.59 Å². The summed E-state index contributed by atoms with van der Waals surface area (Å²) in [6.45, 7) is 5.73. The Morgan fingerprint density at radius 2 is 1.94 bits per heavy atom. The van der Waals surface area contributed by atoms with Gasteiger partial charge in [-0.3, -0.25) is 9.59 Å². The van der Waals surface area contributed by atoms with E-state index in [0.717, 1.165) is 19.3 Å². The van der Waals surface area contributed by atoms with Gasteiger partial charge in [-0.1, -0.05) is 6.42 Å². The average Bonchev–Trinajstić information content (AvgIpc) is 2.58. The maximum absolute atomic E-state index is 11.8. The van der Waals surface area contributed by atoms with Gasteiger partial charge in [0, 0.05) is 11.6 Å². The molecule has 0 aromatic rings. The molecule has 98 valence electrons. The second kappa shape index (κ2) is 5.49. The summed E-state index contributed by atoms with van der Waals surface area (Å²) in [4.78, 5) is 23.3. The molecule has 4 N–H and O–H groups in total. The SMILES string of the molecule is CC(C)(C)NC(=O)CNC(=O)C1CCCC1N. The van der Waals surface area contributed by atoms with Crippen LogP contribution in [-0.4, -0.2) is 29.9 Å². The molecule has 0 bridgehead atoms. The van der Waals surface area contributed by atoms with Gasteiger partial charge >= 0.3 is 0 Å². The molecule has 0 aromatic heterocycles. The predicted molar refractivity (Wildman–Crippen MR) is 66.2 cm³/mol. The molecule has 2 amide bonds. The van der Waals surface area contributed by atoms with Gasteiger partial charge in [0.15, 0.2) is 0 Å². The number of nitrogens with two attached hydrogens (primary N) is 1. The minimum absolute atomic E-state index is 0.0271. The molecule has 1 fully saturated rings. The molecular weight excluding hydrogens is 218 g/mol. The summed E-state index contributed by atoms with van der Waals surface area (Å²) in [5.41, 5.74) is 5.55. The molecule has 17 heavy (non-hydrogen) atoms. The lowest BCUT2D eigenvalue weighted by molar-refractivity contribution is -0.129. The molecular formula is C12H23N3O2. The van der Waals surface area contributed by atoms with Crippen LogP contribution in [0.15, 0.2) is 0 Å². The Labute approximate surface area is 103 Å². The molecule has 5 heteroatoms. The first-order valence-corrected chi connectivity index (χ1v) is 6.14. The first-order valence-electron chi connectivity index (χ1n) is 6.14. The minimum Gasteiger partial charge on any atom is -0.350 e. The molecule has 1 saturated carbocycles. The first kappa shape index (κ1) is 14.0. The van der Waals surface area contributed by atoms with Crippen LogP contribution >= 0.6 is 0 Å². The Bertz CT molecular complexity index is 297. The van der Waals surface area contributed by atoms with E-state index in [1.54, 1.807) is 0 Å². The van der Waals surface area contributed by atoms with Gasteiger partial charge in [0.1, 0.15) is 0 Å². The van der Waals surface area contributed by atoms with E-state index in [1.807, 2.05) is 20.8 Å². The van der Waals surface area contributed by atoms with Crippen molar-refractivity contribution >= 4 is 11.8 Å². The monoisotopic (exact) mass is 241 g/mol. The number of nitrogens with one attached hydrogen (secondary N) is 2. The lowest BCUT2D eigenvalue weighted by Gasteiger charge is -2.21. The van der Waals surface area contributed by atoms with Crippen molar-refractivity contribution in [3.8, 4) is 0 Å². The summed E-state index contributed by atoms with van der Waals surface area (Å²) in [5.74, 6) is -0.395. The molecule has 0 aliphatic heterocycles. The Morgan fingerprint density at radius 3 is 2.41 bits per heavy atom. The summed E-state index contributed by atoms with van der Waals surface area (Å²) in [6, 6.07) is -0.0549. The number of hydrogen-bond acceptors (Lipinski definition) is 3. The molecule has 0 heterocycles. The van der Waals surface area contributed by atoms with Crippen molar-refractivity contribution in [1.29, 1.82) is 0 Å². The molecule has 2 unspecified atom stereocenters. The van der Waals surface area contributed by atoms with Crippen LogP contribution in [0.4, 0.5) is 0 Å². The Kier molecular flexibility index (Phi) is 4.51. The van der Waals surface area contributed by atoms with Crippen molar-refractivity contribution in [3.05, 3.63) is 0 Å². The van der Waals surface area contributed by atoms with Crippen molar-refractivity contribution in [1.82, 2.24) is 10.6 Å². The fraction of sp³-hybridized carbons (Fsp3) is 0.833. The predicted octanol–water partition coefficient (Wildman–Crippen LogP) is 0.145. The quantitative estimate of drug-likeness (QED) is 0.657. The third-order valence-electron chi connectivity index (χ3n) is 2.84. The second-order valence-electron chi connectivity index (χ2n) is 5.72. The van der Waals surface area contributed by atoms with Gasteiger partial charge in [-0.05, 0) is 33.6 Å². The van der Waals surface area contributed by atoms with Crippen LogP contribution in [0.25, 0.3) is 0 Å². The number of rotatable bonds is 3. The van der Waals surface area contributed by atoms with E-state index in [1.165, 1.54) is 0 Å². The van der Waals surface area contributed by atoms with E-state index in [-0.39, 0.29) is 35.9 Å². The zero-order valence-electron chi connectivity index (χ0n) is 10.9. The standard InChI is InChI=1S/C12H23N3O2/c1-12(2,3)15-10(16)7-14-11(17)8-5-4-6-9(8)13/h8-9H,4-7,13H2,1-3H3,(H,14,17)(H,15,16). The van der Waals surface area contributed by atoms with Gasteiger partial charge in [-0.2, -0.15) is 0 Å². The molecule has 1 rings (SSSR count). The average molecular weight is 241 g/mol. The molecule has 1 aliphatic rings. The van der Waals surface area contributed by atoms with Gasteiger partial charge in [0.05, 0.1) is 12.5 Å². The van der Waals surface area contributed by atoms with Crippen LogP contribution < -0.4 is 16.4 Å². The third kappa shape index (κ3) is 4.73. The van der Waals surface area contributed by atoms with Crippen LogP contribution in [0.2, 0.25) is 0 Å². The Hall–Kier alpha value is -1.10. The zero-order chi connectivity index (χ0) is 13.1. The van der Waals surface area contributed by atoms with Crippen LogP contribution in [0.3, 0.4) is 0 Å². The number of hydrogen-bond donors (Lipinski definition) is 3. The normalized spacial score (nSPS) is 24.5. The highest BCUT2D eigenvalue weighted by atomic mass is 16.2. The van der Waals surface area contributed by atoms with Crippen molar-refractivity contribution in [3.63, 3.8) is 0 Å². The molecule has 0 saturated heterocycles.